The monoisotopic (exact) mass is 265 g/mol. The SMILES string of the molecule is CC1C(NCc2ccco2)CCC(C(=O)O)C1(C)C. The molecule has 4 heteroatoms. The van der Waals surface area contributed by atoms with Crippen LogP contribution >= 0.6 is 0 Å². The lowest BCUT2D eigenvalue weighted by atomic mass is 9.61. The van der Waals surface area contributed by atoms with Gasteiger partial charge >= 0.3 is 5.97 Å². The largest absolute Gasteiger partial charge is 0.481 e. The third kappa shape index (κ3) is 2.84. The van der Waals surface area contributed by atoms with Gasteiger partial charge < -0.3 is 14.8 Å². The Balaban J connectivity index is 1.99. The standard InChI is InChI=1S/C15H23NO3/c1-10-13(16-9-11-5-4-8-19-11)7-6-12(14(17)18)15(10,2)3/h4-5,8,10,12-13,16H,6-7,9H2,1-3H3,(H,17,18). The van der Waals surface area contributed by atoms with Crippen LogP contribution in [-0.2, 0) is 11.3 Å². The molecule has 19 heavy (non-hydrogen) atoms. The third-order valence-electron chi connectivity index (χ3n) is 4.86. The number of carboxylic acid groups (broad SMARTS) is 1. The zero-order chi connectivity index (χ0) is 14.0. The van der Waals surface area contributed by atoms with Crippen LogP contribution in [0.5, 0.6) is 0 Å². The summed E-state index contributed by atoms with van der Waals surface area (Å²) >= 11 is 0. The van der Waals surface area contributed by atoms with E-state index in [9.17, 15) is 9.90 Å². The molecule has 1 saturated carbocycles. The molecule has 0 aromatic carbocycles. The topological polar surface area (TPSA) is 62.5 Å². The molecule has 1 aliphatic rings. The summed E-state index contributed by atoms with van der Waals surface area (Å²) in [7, 11) is 0. The minimum atomic E-state index is -0.665. The molecule has 0 spiro atoms. The van der Waals surface area contributed by atoms with Gasteiger partial charge in [0.25, 0.3) is 0 Å². The molecule has 1 aromatic heterocycles. The van der Waals surface area contributed by atoms with E-state index in [1.807, 2.05) is 12.1 Å². The summed E-state index contributed by atoms with van der Waals surface area (Å²) in [5, 5.41) is 12.8. The zero-order valence-electron chi connectivity index (χ0n) is 11.8. The van der Waals surface area contributed by atoms with Gasteiger partial charge in [0.1, 0.15) is 5.76 Å². The number of carboxylic acids is 1. The van der Waals surface area contributed by atoms with Crippen molar-refractivity contribution in [1.29, 1.82) is 0 Å². The third-order valence-corrected chi connectivity index (χ3v) is 4.86. The lowest BCUT2D eigenvalue weighted by Crippen LogP contribution is -2.50. The van der Waals surface area contributed by atoms with Crippen LogP contribution in [0.1, 0.15) is 39.4 Å². The highest BCUT2D eigenvalue weighted by atomic mass is 16.4. The van der Waals surface area contributed by atoms with Crippen molar-refractivity contribution < 1.29 is 14.3 Å². The van der Waals surface area contributed by atoms with Gasteiger partial charge in [0.2, 0.25) is 0 Å². The number of furan rings is 1. The maximum Gasteiger partial charge on any atom is 0.307 e. The van der Waals surface area contributed by atoms with Gasteiger partial charge in [0.15, 0.2) is 0 Å². The van der Waals surface area contributed by atoms with Crippen molar-refractivity contribution in [2.24, 2.45) is 17.3 Å². The Bertz CT molecular complexity index is 425. The Labute approximate surface area is 114 Å². The minimum Gasteiger partial charge on any atom is -0.481 e. The maximum absolute atomic E-state index is 11.3. The number of hydrogen-bond acceptors (Lipinski definition) is 3. The van der Waals surface area contributed by atoms with E-state index in [2.05, 4.69) is 26.1 Å². The van der Waals surface area contributed by atoms with Crippen molar-refractivity contribution >= 4 is 5.97 Å². The molecular weight excluding hydrogens is 242 g/mol. The molecule has 1 aliphatic carbocycles. The second-order valence-electron chi connectivity index (χ2n) is 6.14. The quantitative estimate of drug-likeness (QED) is 0.878. The Morgan fingerprint density at radius 1 is 1.53 bits per heavy atom. The molecule has 3 atom stereocenters. The molecule has 0 bridgehead atoms. The summed E-state index contributed by atoms with van der Waals surface area (Å²) in [6.45, 7) is 6.99. The maximum atomic E-state index is 11.3. The van der Waals surface area contributed by atoms with Crippen LogP contribution in [-0.4, -0.2) is 17.1 Å². The van der Waals surface area contributed by atoms with Crippen LogP contribution in [0.15, 0.2) is 22.8 Å². The highest BCUT2D eigenvalue weighted by Crippen LogP contribution is 2.45. The van der Waals surface area contributed by atoms with Crippen molar-refractivity contribution in [3.8, 4) is 0 Å². The fourth-order valence-corrected chi connectivity index (χ4v) is 3.17. The highest BCUT2D eigenvalue weighted by molar-refractivity contribution is 5.71. The first-order chi connectivity index (χ1) is 8.93. The first kappa shape index (κ1) is 14.1. The fraction of sp³-hybridized carbons (Fsp3) is 0.667. The van der Waals surface area contributed by atoms with E-state index in [-0.39, 0.29) is 11.3 Å². The summed E-state index contributed by atoms with van der Waals surface area (Å²) in [5.74, 6) is 0.327. The summed E-state index contributed by atoms with van der Waals surface area (Å²) in [6.07, 6.45) is 3.32. The Morgan fingerprint density at radius 2 is 2.26 bits per heavy atom. The predicted octanol–water partition coefficient (Wildman–Crippen LogP) is 2.89. The number of rotatable bonds is 4. The molecule has 3 unspecified atom stereocenters. The molecule has 4 nitrogen and oxygen atoms in total. The Kier molecular flexibility index (Phi) is 3.99. The molecule has 2 rings (SSSR count). The smallest absolute Gasteiger partial charge is 0.307 e. The normalized spacial score (nSPS) is 30.2. The van der Waals surface area contributed by atoms with E-state index < -0.39 is 5.97 Å². The number of nitrogens with one attached hydrogen (secondary N) is 1. The van der Waals surface area contributed by atoms with Gasteiger partial charge in [-0.25, -0.2) is 0 Å². The van der Waals surface area contributed by atoms with E-state index in [0.717, 1.165) is 18.6 Å². The van der Waals surface area contributed by atoms with Crippen LogP contribution in [0.2, 0.25) is 0 Å². The molecule has 0 radical (unpaired) electrons. The van der Waals surface area contributed by atoms with E-state index in [0.29, 0.717) is 18.5 Å². The van der Waals surface area contributed by atoms with Gasteiger partial charge in [-0.2, -0.15) is 0 Å². The van der Waals surface area contributed by atoms with Crippen molar-refractivity contribution in [3.63, 3.8) is 0 Å². The molecule has 1 fully saturated rings. The van der Waals surface area contributed by atoms with E-state index in [1.165, 1.54) is 0 Å². The zero-order valence-corrected chi connectivity index (χ0v) is 11.8. The molecule has 0 aliphatic heterocycles. The summed E-state index contributed by atoms with van der Waals surface area (Å²) in [6, 6.07) is 4.17. The van der Waals surface area contributed by atoms with Gasteiger partial charge in [-0.3, -0.25) is 4.79 Å². The lowest BCUT2D eigenvalue weighted by Gasteiger charge is -2.46. The predicted molar refractivity (Wildman–Crippen MR) is 72.6 cm³/mol. The highest BCUT2D eigenvalue weighted by Gasteiger charge is 2.45. The van der Waals surface area contributed by atoms with Crippen LogP contribution in [0.25, 0.3) is 0 Å². The van der Waals surface area contributed by atoms with Crippen molar-refractivity contribution in [2.45, 2.75) is 46.2 Å². The number of aliphatic carboxylic acids is 1. The summed E-state index contributed by atoms with van der Waals surface area (Å²) < 4.78 is 5.31. The van der Waals surface area contributed by atoms with Crippen LogP contribution in [0.4, 0.5) is 0 Å². The van der Waals surface area contributed by atoms with E-state index in [1.54, 1.807) is 6.26 Å². The average Bonchev–Trinajstić information content (AvgIpc) is 2.83. The molecular formula is C15H23NO3. The average molecular weight is 265 g/mol. The van der Waals surface area contributed by atoms with Crippen LogP contribution in [0, 0.1) is 17.3 Å². The minimum absolute atomic E-state index is 0.190. The van der Waals surface area contributed by atoms with E-state index in [4.69, 9.17) is 4.42 Å². The second kappa shape index (κ2) is 5.37. The van der Waals surface area contributed by atoms with Crippen molar-refractivity contribution in [2.75, 3.05) is 0 Å². The fourth-order valence-electron chi connectivity index (χ4n) is 3.17. The van der Waals surface area contributed by atoms with E-state index >= 15 is 0 Å². The first-order valence-electron chi connectivity index (χ1n) is 6.91. The Hall–Kier alpha value is -1.29. The molecule has 0 saturated heterocycles. The van der Waals surface area contributed by atoms with Crippen molar-refractivity contribution in [3.05, 3.63) is 24.2 Å². The molecule has 1 aromatic rings. The number of carbonyl (C=O) groups is 1. The van der Waals surface area contributed by atoms with Gasteiger partial charge in [0.05, 0.1) is 18.7 Å². The number of hydrogen-bond donors (Lipinski definition) is 2. The Morgan fingerprint density at radius 3 is 2.84 bits per heavy atom. The van der Waals surface area contributed by atoms with Gasteiger partial charge in [-0.05, 0) is 36.3 Å². The van der Waals surface area contributed by atoms with Crippen molar-refractivity contribution in [1.82, 2.24) is 5.32 Å². The van der Waals surface area contributed by atoms with Crippen LogP contribution < -0.4 is 5.32 Å². The van der Waals surface area contributed by atoms with Crippen LogP contribution in [0.3, 0.4) is 0 Å². The first-order valence-corrected chi connectivity index (χ1v) is 6.91. The molecule has 1 heterocycles. The molecule has 2 N–H and O–H groups in total. The van der Waals surface area contributed by atoms with Gasteiger partial charge in [-0.15, -0.1) is 0 Å². The van der Waals surface area contributed by atoms with Gasteiger partial charge in [-0.1, -0.05) is 20.8 Å². The lowest BCUT2D eigenvalue weighted by molar-refractivity contribution is -0.150. The summed E-state index contributed by atoms with van der Waals surface area (Å²) in [5.41, 5.74) is -0.190. The summed E-state index contributed by atoms with van der Waals surface area (Å²) in [4.78, 5) is 11.3. The molecule has 0 amide bonds. The second-order valence-corrected chi connectivity index (χ2v) is 6.14. The van der Waals surface area contributed by atoms with Gasteiger partial charge in [0, 0.05) is 6.04 Å². The molecule has 106 valence electrons.